The lowest BCUT2D eigenvalue weighted by Crippen LogP contribution is -2.34. The van der Waals surface area contributed by atoms with Crippen molar-refractivity contribution in [2.24, 2.45) is 5.73 Å². The Hall–Kier alpha value is -3.13. The quantitative estimate of drug-likeness (QED) is 0.344. The number of benzene rings is 2. The van der Waals surface area contributed by atoms with Crippen LogP contribution in [0.2, 0.25) is 10.2 Å². The van der Waals surface area contributed by atoms with E-state index in [0.29, 0.717) is 72.5 Å². The molecule has 0 saturated carbocycles. The Kier molecular flexibility index (Phi) is 8.23. The average Bonchev–Trinajstić information content (AvgIpc) is 3.24. The van der Waals surface area contributed by atoms with Gasteiger partial charge in [0.15, 0.2) is 0 Å². The molecule has 0 saturated heterocycles. The summed E-state index contributed by atoms with van der Waals surface area (Å²) >= 11 is 12.2. The van der Waals surface area contributed by atoms with E-state index in [0.717, 1.165) is 5.56 Å². The van der Waals surface area contributed by atoms with Gasteiger partial charge in [-0.25, -0.2) is 4.52 Å². The van der Waals surface area contributed by atoms with Crippen LogP contribution in [0.25, 0.3) is 5.52 Å². The van der Waals surface area contributed by atoms with E-state index in [1.54, 1.807) is 45.9 Å². The molecule has 2 heterocycles. The molecule has 0 unspecified atom stereocenters. The van der Waals surface area contributed by atoms with Crippen LogP contribution >= 0.6 is 23.2 Å². The van der Waals surface area contributed by atoms with Crippen LogP contribution in [-0.2, 0) is 13.0 Å². The molecule has 0 atom stereocenters. The first-order valence-corrected chi connectivity index (χ1v) is 12.3. The summed E-state index contributed by atoms with van der Waals surface area (Å²) in [4.78, 5) is 28.2. The van der Waals surface area contributed by atoms with Crippen molar-refractivity contribution in [3.8, 4) is 0 Å². The Bertz CT molecular complexity index is 1350. The van der Waals surface area contributed by atoms with Crippen molar-refractivity contribution in [1.82, 2.24) is 19.1 Å². The number of carbonyl (C=O) groups is 1. The molecule has 35 heavy (non-hydrogen) atoms. The zero-order valence-corrected chi connectivity index (χ0v) is 20.8. The molecule has 1 amide bonds. The van der Waals surface area contributed by atoms with Crippen LogP contribution in [0.4, 0.5) is 0 Å². The number of hydrogen-bond acceptors (Lipinski definition) is 4. The fourth-order valence-corrected chi connectivity index (χ4v) is 4.32. The normalized spacial score (nSPS) is 11.2. The third-order valence-corrected chi connectivity index (χ3v) is 6.36. The van der Waals surface area contributed by atoms with Crippen LogP contribution in [0.3, 0.4) is 0 Å². The van der Waals surface area contributed by atoms with Gasteiger partial charge >= 0.3 is 0 Å². The molecule has 2 aromatic carbocycles. The number of amides is 1. The molecular weight excluding hydrogens is 485 g/mol. The van der Waals surface area contributed by atoms with Crippen molar-refractivity contribution in [3.05, 3.63) is 104 Å². The summed E-state index contributed by atoms with van der Waals surface area (Å²) in [7, 11) is 0. The van der Waals surface area contributed by atoms with Gasteiger partial charge in [-0.2, -0.15) is 5.10 Å². The maximum absolute atomic E-state index is 13.3. The number of halogens is 2. The highest BCUT2D eigenvalue weighted by Crippen LogP contribution is 2.15. The zero-order valence-electron chi connectivity index (χ0n) is 19.2. The summed E-state index contributed by atoms with van der Waals surface area (Å²) < 4.78 is 3.16. The molecule has 0 spiro atoms. The molecule has 9 heteroatoms. The second kappa shape index (κ2) is 11.5. The summed E-state index contributed by atoms with van der Waals surface area (Å²) in [6.07, 6.45) is 1.82. The monoisotopic (exact) mass is 511 g/mol. The SMILES string of the molecule is NCCCN(CCCc1nn2c(Cl)ccc2c(=O)n1Cc1ccccc1)C(=O)c1ccc(Cl)cc1. The highest BCUT2D eigenvalue weighted by molar-refractivity contribution is 6.30. The second-order valence-corrected chi connectivity index (χ2v) is 9.11. The topological polar surface area (TPSA) is 85.6 Å². The Labute approximate surface area is 213 Å². The number of aromatic nitrogens is 3. The molecule has 4 rings (SSSR count). The number of carbonyl (C=O) groups excluding carboxylic acids is 1. The van der Waals surface area contributed by atoms with E-state index in [1.165, 1.54) is 4.52 Å². The van der Waals surface area contributed by atoms with E-state index in [2.05, 4.69) is 5.10 Å². The van der Waals surface area contributed by atoms with Crippen molar-refractivity contribution in [2.45, 2.75) is 25.8 Å². The van der Waals surface area contributed by atoms with E-state index in [1.807, 2.05) is 30.3 Å². The molecule has 182 valence electrons. The molecule has 2 N–H and O–H groups in total. The number of fused-ring (bicyclic) bond motifs is 1. The van der Waals surface area contributed by atoms with Gasteiger partial charge < -0.3 is 10.6 Å². The van der Waals surface area contributed by atoms with Crippen LogP contribution < -0.4 is 11.3 Å². The van der Waals surface area contributed by atoms with Crippen LogP contribution in [0.1, 0.15) is 34.6 Å². The zero-order chi connectivity index (χ0) is 24.8. The molecule has 0 aliphatic carbocycles. The number of nitrogens with zero attached hydrogens (tertiary/aromatic N) is 4. The first-order chi connectivity index (χ1) is 17.0. The Morgan fingerprint density at radius 1 is 0.943 bits per heavy atom. The second-order valence-electron chi connectivity index (χ2n) is 8.29. The highest BCUT2D eigenvalue weighted by Gasteiger charge is 2.17. The highest BCUT2D eigenvalue weighted by atomic mass is 35.5. The lowest BCUT2D eigenvalue weighted by atomic mass is 10.1. The van der Waals surface area contributed by atoms with Crippen LogP contribution in [0.15, 0.2) is 71.5 Å². The van der Waals surface area contributed by atoms with Gasteiger partial charge in [0.1, 0.15) is 16.5 Å². The third-order valence-electron chi connectivity index (χ3n) is 5.82. The summed E-state index contributed by atoms with van der Waals surface area (Å²) in [5, 5.41) is 5.64. The standard InChI is InChI=1S/C26H27Cl2N5O2/c27-21-11-9-20(10-12-21)25(34)31(17-5-15-29)16-4-8-24-30-33-22(13-14-23(33)28)26(35)32(24)18-19-6-2-1-3-7-19/h1-3,6-7,9-14H,4-5,8,15-18,29H2. The van der Waals surface area contributed by atoms with E-state index < -0.39 is 0 Å². The molecule has 2 aromatic heterocycles. The first-order valence-electron chi connectivity index (χ1n) is 11.5. The minimum Gasteiger partial charge on any atom is -0.339 e. The number of nitrogens with two attached hydrogens (primary N) is 1. The van der Waals surface area contributed by atoms with Crippen LogP contribution in [-0.4, -0.2) is 44.6 Å². The van der Waals surface area contributed by atoms with E-state index in [9.17, 15) is 9.59 Å². The van der Waals surface area contributed by atoms with Crippen molar-refractivity contribution in [1.29, 1.82) is 0 Å². The summed E-state index contributed by atoms with van der Waals surface area (Å²) in [6, 6.07) is 20.0. The molecule has 0 fully saturated rings. The van der Waals surface area contributed by atoms with Crippen molar-refractivity contribution in [3.63, 3.8) is 0 Å². The van der Waals surface area contributed by atoms with Gasteiger partial charge in [0.2, 0.25) is 0 Å². The van der Waals surface area contributed by atoms with Crippen molar-refractivity contribution in [2.75, 3.05) is 19.6 Å². The molecule has 0 radical (unpaired) electrons. The van der Waals surface area contributed by atoms with Crippen molar-refractivity contribution >= 4 is 34.6 Å². The maximum Gasteiger partial charge on any atom is 0.278 e. The minimum absolute atomic E-state index is 0.0753. The molecule has 4 aromatic rings. The lowest BCUT2D eigenvalue weighted by Gasteiger charge is -2.23. The third kappa shape index (κ3) is 5.93. The van der Waals surface area contributed by atoms with E-state index >= 15 is 0 Å². The fraction of sp³-hybridized carbons (Fsp3) is 0.269. The predicted molar refractivity (Wildman–Crippen MR) is 139 cm³/mol. The molecule has 7 nitrogen and oxygen atoms in total. The van der Waals surface area contributed by atoms with E-state index in [4.69, 9.17) is 28.9 Å². The largest absolute Gasteiger partial charge is 0.339 e. The summed E-state index contributed by atoms with van der Waals surface area (Å²) in [5.74, 6) is 0.538. The fourth-order valence-electron chi connectivity index (χ4n) is 4.01. The molecule has 0 bridgehead atoms. The minimum atomic E-state index is -0.150. The number of rotatable bonds is 10. The number of aryl methyl sites for hydroxylation is 1. The Morgan fingerprint density at radius 3 is 2.37 bits per heavy atom. The first kappa shape index (κ1) is 25.0. The summed E-state index contributed by atoms with van der Waals surface area (Å²) in [5.41, 5.74) is 7.56. The van der Waals surface area contributed by atoms with Gasteiger partial charge in [-0.1, -0.05) is 53.5 Å². The van der Waals surface area contributed by atoms with E-state index in [-0.39, 0.29) is 11.5 Å². The van der Waals surface area contributed by atoms with Crippen molar-refractivity contribution < 1.29 is 4.79 Å². The van der Waals surface area contributed by atoms with Gasteiger partial charge in [0, 0.05) is 30.1 Å². The average molecular weight is 512 g/mol. The molecule has 0 aliphatic rings. The Morgan fingerprint density at radius 2 is 1.66 bits per heavy atom. The maximum atomic E-state index is 13.3. The predicted octanol–water partition coefficient (Wildman–Crippen LogP) is 4.27. The summed E-state index contributed by atoms with van der Waals surface area (Å²) in [6.45, 7) is 1.94. The number of hydrogen-bond donors (Lipinski definition) is 1. The van der Waals surface area contributed by atoms with Gasteiger partial charge in [0.05, 0.1) is 6.54 Å². The van der Waals surface area contributed by atoms with Gasteiger partial charge in [-0.05, 0) is 61.3 Å². The van der Waals surface area contributed by atoms with Gasteiger partial charge in [-0.3, -0.25) is 14.2 Å². The van der Waals surface area contributed by atoms with Gasteiger partial charge in [-0.15, -0.1) is 0 Å². The Balaban J connectivity index is 1.57. The van der Waals surface area contributed by atoms with Crippen LogP contribution in [0.5, 0.6) is 0 Å². The lowest BCUT2D eigenvalue weighted by molar-refractivity contribution is 0.0752. The molecule has 0 aliphatic heterocycles. The smallest absolute Gasteiger partial charge is 0.278 e. The van der Waals surface area contributed by atoms with Gasteiger partial charge in [0.25, 0.3) is 11.5 Å². The van der Waals surface area contributed by atoms with Crippen LogP contribution in [0, 0.1) is 0 Å². The molecular formula is C26H27Cl2N5O2.